The average molecular weight is 299 g/mol. The van der Waals surface area contributed by atoms with Gasteiger partial charge in [-0.15, -0.1) is 0 Å². The minimum Gasteiger partial charge on any atom is -0.489 e. The van der Waals surface area contributed by atoms with Gasteiger partial charge in [-0.2, -0.15) is 0 Å². The van der Waals surface area contributed by atoms with Gasteiger partial charge in [-0.05, 0) is 18.9 Å². The number of amides is 1. The second kappa shape index (κ2) is 5.28. The van der Waals surface area contributed by atoms with Gasteiger partial charge in [0.2, 0.25) is 10.0 Å². The second-order valence-electron chi connectivity index (χ2n) is 4.92. The number of hydrogen-bond donors (Lipinski definition) is 1. The van der Waals surface area contributed by atoms with Crippen LogP contribution in [0.3, 0.4) is 0 Å². The van der Waals surface area contributed by atoms with Crippen molar-refractivity contribution in [2.75, 3.05) is 25.1 Å². The largest absolute Gasteiger partial charge is 0.489 e. The molecule has 0 spiro atoms. The highest BCUT2D eigenvalue weighted by Crippen LogP contribution is 2.32. The number of anilines is 1. The van der Waals surface area contributed by atoms with Crippen LogP contribution in [0, 0.1) is 0 Å². The number of carbonyl (C=O) groups is 1. The molecule has 1 N–H and O–H groups in total. The molecular weight excluding hydrogens is 282 g/mol. The van der Waals surface area contributed by atoms with Gasteiger partial charge in [-0.25, -0.2) is 13.4 Å². The highest BCUT2D eigenvalue weighted by Gasteiger charge is 2.28. The van der Waals surface area contributed by atoms with Crippen molar-refractivity contribution in [3.8, 4) is 5.75 Å². The summed E-state index contributed by atoms with van der Waals surface area (Å²) in [4.78, 5) is 17.5. The third-order valence-electron chi connectivity index (χ3n) is 2.63. The van der Waals surface area contributed by atoms with Crippen molar-refractivity contribution in [3.05, 3.63) is 17.8 Å². The number of carbonyl (C=O) groups excluding carboxylic acids is 1. The van der Waals surface area contributed by atoms with Crippen molar-refractivity contribution in [2.45, 2.75) is 18.9 Å². The molecule has 2 rings (SSSR count). The summed E-state index contributed by atoms with van der Waals surface area (Å²) >= 11 is 0. The summed E-state index contributed by atoms with van der Waals surface area (Å²) in [5, 5.41) is 0. The summed E-state index contributed by atoms with van der Waals surface area (Å²) < 4.78 is 30.7. The zero-order valence-corrected chi connectivity index (χ0v) is 12.4. The Morgan fingerprint density at radius 2 is 2.10 bits per heavy atom. The molecule has 1 aromatic rings. The zero-order chi connectivity index (χ0) is 14.9. The van der Waals surface area contributed by atoms with E-state index in [1.54, 1.807) is 20.2 Å². The molecule has 1 aliphatic rings. The topological polar surface area (TPSA) is 88.6 Å². The first kappa shape index (κ1) is 14.6. The van der Waals surface area contributed by atoms with Gasteiger partial charge in [0.25, 0.3) is 5.91 Å². The average Bonchev–Trinajstić information content (AvgIpc) is 3.10. The van der Waals surface area contributed by atoms with Gasteiger partial charge in [0.1, 0.15) is 11.3 Å². The molecule has 110 valence electrons. The quantitative estimate of drug-likeness (QED) is 0.864. The first-order valence-electron chi connectivity index (χ1n) is 6.13. The fourth-order valence-electron chi connectivity index (χ4n) is 1.59. The smallest absolute Gasteiger partial charge is 0.260 e. The number of nitrogens with zero attached hydrogens (tertiary/aromatic N) is 2. The lowest BCUT2D eigenvalue weighted by molar-refractivity contribution is 0.0823. The van der Waals surface area contributed by atoms with Gasteiger partial charge in [0.15, 0.2) is 5.82 Å². The Kier molecular flexibility index (Phi) is 3.85. The monoisotopic (exact) mass is 299 g/mol. The molecule has 0 unspecified atom stereocenters. The first-order chi connectivity index (χ1) is 9.28. The van der Waals surface area contributed by atoms with Crippen molar-refractivity contribution >= 4 is 21.7 Å². The van der Waals surface area contributed by atoms with E-state index in [0.717, 1.165) is 19.1 Å². The minimum absolute atomic E-state index is 0.00986. The molecule has 0 radical (unpaired) electrons. The molecule has 1 aliphatic carbocycles. The zero-order valence-electron chi connectivity index (χ0n) is 11.6. The normalized spacial score (nSPS) is 14.8. The summed E-state index contributed by atoms with van der Waals surface area (Å²) in [6.07, 6.45) is 4.39. The Morgan fingerprint density at radius 1 is 1.45 bits per heavy atom. The van der Waals surface area contributed by atoms with E-state index in [1.165, 1.54) is 11.1 Å². The summed E-state index contributed by atoms with van der Waals surface area (Å²) in [5.74, 6) is -0.0170. The van der Waals surface area contributed by atoms with E-state index in [1.807, 2.05) is 0 Å². The summed E-state index contributed by atoms with van der Waals surface area (Å²) in [6, 6.07) is 1.57. The molecule has 1 heterocycles. The van der Waals surface area contributed by atoms with E-state index < -0.39 is 10.0 Å². The second-order valence-corrected chi connectivity index (χ2v) is 6.67. The Bertz CT molecular complexity index is 624. The number of nitrogens with one attached hydrogen (secondary N) is 1. The highest BCUT2D eigenvalue weighted by atomic mass is 32.2. The minimum atomic E-state index is -3.53. The van der Waals surface area contributed by atoms with Gasteiger partial charge in [0.05, 0.1) is 12.4 Å². The summed E-state index contributed by atoms with van der Waals surface area (Å²) in [5.41, 5.74) is 0.134. The number of hydrogen-bond acceptors (Lipinski definition) is 5. The van der Waals surface area contributed by atoms with Crippen LogP contribution in [0.25, 0.3) is 0 Å². The van der Waals surface area contributed by atoms with E-state index in [9.17, 15) is 13.2 Å². The standard InChI is InChI=1S/C12H17N3O4S/c1-15(2)12(16)10-9(19-8-4-5-8)6-7-13-11(10)14-20(3,17)18/h6-8H,4-5H2,1-3H3,(H,13,14). The van der Waals surface area contributed by atoms with Crippen molar-refractivity contribution in [3.63, 3.8) is 0 Å². The van der Waals surface area contributed by atoms with Gasteiger partial charge in [-0.3, -0.25) is 9.52 Å². The fraction of sp³-hybridized carbons (Fsp3) is 0.500. The number of aromatic nitrogens is 1. The molecule has 0 saturated heterocycles. The number of ether oxygens (including phenoxy) is 1. The van der Waals surface area contributed by atoms with Crippen LogP contribution in [0.5, 0.6) is 5.75 Å². The summed E-state index contributed by atoms with van der Waals surface area (Å²) in [6.45, 7) is 0. The molecule has 1 aromatic heterocycles. The van der Waals surface area contributed by atoms with Gasteiger partial charge < -0.3 is 9.64 Å². The number of pyridine rings is 1. The highest BCUT2D eigenvalue weighted by molar-refractivity contribution is 7.92. The molecular formula is C12H17N3O4S. The Morgan fingerprint density at radius 3 is 2.60 bits per heavy atom. The predicted molar refractivity (Wildman–Crippen MR) is 74.4 cm³/mol. The van der Waals surface area contributed by atoms with E-state index in [-0.39, 0.29) is 23.4 Å². The fourth-order valence-corrected chi connectivity index (χ4v) is 2.10. The maximum Gasteiger partial charge on any atom is 0.260 e. The molecule has 1 saturated carbocycles. The van der Waals surface area contributed by atoms with Gasteiger partial charge in [-0.1, -0.05) is 0 Å². The molecule has 0 bridgehead atoms. The van der Waals surface area contributed by atoms with Crippen LogP contribution < -0.4 is 9.46 Å². The lowest BCUT2D eigenvalue weighted by Crippen LogP contribution is -2.25. The molecule has 0 aromatic carbocycles. The lowest BCUT2D eigenvalue weighted by atomic mass is 10.2. The van der Waals surface area contributed by atoms with E-state index in [4.69, 9.17) is 4.74 Å². The van der Waals surface area contributed by atoms with E-state index in [0.29, 0.717) is 5.75 Å². The third kappa shape index (κ3) is 3.60. The maximum atomic E-state index is 12.2. The Hall–Kier alpha value is -1.83. The van der Waals surface area contributed by atoms with Crippen LogP contribution >= 0.6 is 0 Å². The van der Waals surface area contributed by atoms with Crippen molar-refractivity contribution in [2.24, 2.45) is 0 Å². The molecule has 0 aliphatic heterocycles. The van der Waals surface area contributed by atoms with Crippen molar-refractivity contribution in [1.82, 2.24) is 9.88 Å². The van der Waals surface area contributed by atoms with Crippen LogP contribution in [0.1, 0.15) is 23.2 Å². The van der Waals surface area contributed by atoms with Crippen molar-refractivity contribution < 1.29 is 17.9 Å². The number of sulfonamides is 1. The van der Waals surface area contributed by atoms with Crippen LogP contribution in [0.4, 0.5) is 5.82 Å². The molecule has 1 fully saturated rings. The van der Waals surface area contributed by atoms with Gasteiger partial charge in [0, 0.05) is 20.3 Å². The maximum absolute atomic E-state index is 12.2. The first-order valence-corrected chi connectivity index (χ1v) is 8.02. The van der Waals surface area contributed by atoms with Crippen LogP contribution in [0.2, 0.25) is 0 Å². The Labute approximate surface area is 118 Å². The summed E-state index contributed by atoms with van der Waals surface area (Å²) in [7, 11) is -0.360. The van der Waals surface area contributed by atoms with Crippen LogP contribution in [-0.4, -0.2) is 50.7 Å². The lowest BCUT2D eigenvalue weighted by Gasteiger charge is -2.17. The predicted octanol–water partition coefficient (Wildman–Crippen LogP) is 0.696. The van der Waals surface area contributed by atoms with E-state index >= 15 is 0 Å². The third-order valence-corrected chi connectivity index (χ3v) is 3.20. The Balaban J connectivity index is 2.46. The molecule has 20 heavy (non-hydrogen) atoms. The SMILES string of the molecule is CN(C)C(=O)c1c(OC2CC2)ccnc1NS(C)(=O)=O. The molecule has 7 nitrogen and oxygen atoms in total. The van der Waals surface area contributed by atoms with Crippen LogP contribution in [-0.2, 0) is 10.0 Å². The van der Waals surface area contributed by atoms with E-state index in [2.05, 4.69) is 9.71 Å². The molecule has 0 atom stereocenters. The number of rotatable bonds is 5. The molecule has 1 amide bonds. The van der Waals surface area contributed by atoms with Gasteiger partial charge >= 0.3 is 0 Å². The van der Waals surface area contributed by atoms with Crippen molar-refractivity contribution in [1.29, 1.82) is 0 Å². The van der Waals surface area contributed by atoms with Crippen LogP contribution in [0.15, 0.2) is 12.3 Å². The molecule has 8 heteroatoms.